The number of thioether (sulfide) groups is 1. The van der Waals surface area contributed by atoms with Crippen LogP contribution in [0.5, 0.6) is 0 Å². The van der Waals surface area contributed by atoms with Crippen molar-refractivity contribution in [2.24, 2.45) is 0 Å². The van der Waals surface area contributed by atoms with Gasteiger partial charge >= 0.3 is 0 Å². The van der Waals surface area contributed by atoms with Gasteiger partial charge in [-0.3, -0.25) is 9.59 Å². The van der Waals surface area contributed by atoms with E-state index in [1.165, 1.54) is 60.2 Å². The van der Waals surface area contributed by atoms with Gasteiger partial charge in [0.2, 0.25) is 10.9 Å². The Hall–Kier alpha value is -2.00. The van der Waals surface area contributed by atoms with E-state index in [2.05, 4.69) is 20.8 Å². The Balaban J connectivity index is 1.42. The van der Waals surface area contributed by atoms with Crippen LogP contribution in [0.3, 0.4) is 0 Å². The third kappa shape index (κ3) is 5.50. The lowest BCUT2D eigenvalue weighted by atomic mass is 10.2. The molecule has 1 aliphatic rings. The minimum atomic E-state index is -0.385. The van der Waals surface area contributed by atoms with Crippen LogP contribution in [0, 0.1) is 5.82 Å². The van der Waals surface area contributed by atoms with Crippen molar-refractivity contribution >= 4 is 40.6 Å². The maximum Gasteiger partial charge on any atom is 0.286 e. The number of carbonyl (C=O) groups excluding carboxylic acids is 2. The second kappa shape index (κ2) is 9.09. The monoisotopic (exact) mass is 394 g/mol. The zero-order valence-electron chi connectivity index (χ0n) is 14.0. The molecule has 0 atom stereocenters. The molecular weight excluding hydrogens is 375 g/mol. The maximum atomic E-state index is 12.9. The van der Waals surface area contributed by atoms with E-state index in [-0.39, 0.29) is 22.6 Å². The molecule has 26 heavy (non-hydrogen) atoms. The van der Waals surface area contributed by atoms with E-state index in [0.717, 1.165) is 12.8 Å². The van der Waals surface area contributed by atoms with Crippen molar-refractivity contribution in [3.05, 3.63) is 40.1 Å². The summed E-state index contributed by atoms with van der Waals surface area (Å²) in [6.07, 6.45) is 4.51. The van der Waals surface area contributed by atoms with E-state index in [1.54, 1.807) is 0 Å². The Morgan fingerprint density at radius 2 is 1.92 bits per heavy atom. The molecule has 3 rings (SSSR count). The van der Waals surface area contributed by atoms with Crippen molar-refractivity contribution < 1.29 is 14.0 Å². The number of hydrogen-bond donors (Lipinski definition) is 2. The quantitative estimate of drug-likeness (QED) is 0.753. The molecule has 0 radical (unpaired) electrons. The first-order valence-electron chi connectivity index (χ1n) is 8.36. The fraction of sp³-hybridized carbons (Fsp3) is 0.412. The van der Waals surface area contributed by atoms with Gasteiger partial charge in [-0.2, -0.15) is 0 Å². The molecular formula is C17H19FN4O2S2. The lowest BCUT2D eigenvalue weighted by Crippen LogP contribution is -2.33. The standard InChI is InChI=1S/C17H19FN4O2S2/c18-11-5-7-13(8-6-11)20-16(24)17-22-21-15(26-17)10-25-9-14(23)19-12-3-1-2-4-12/h5-8,12H,1-4,9-10H2,(H,19,23)(H,20,24). The first-order valence-corrected chi connectivity index (χ1v) is 10.3. The van der Waals surface area contributed by atoms with Gasteiger partial charge in [-0.1, -0.05) is 24.2 Å². The van der Waals surface area contributed by atoms with Crippen LogP contribution in [-0.2, 0) is 10.5 Å². The van der Waals surface area contributed by atoms with Crippen LogP contribution in [-0.4, -0.2) is 33.8 Å². The van der Waals surface area contributed by atoms with Crippen LogP contribution >= 0.6 is 23.1 Å². The molecule has 0 bridgehead atoms. The average Bonchev–Trinajstić information content (AvgIpc) is 3.29. The molecule has 1 aromatic carbocycles. The van der Waals surface area contributed by atoms with Crippen molar-refractivity contribution in [1.82, 2.24) is 15.5 Å². The number of hydrogen-bond acceptors (Lipinski definition) is 6. The summed E-state index contributed by atoms with van der Waals surface area (Å²) in [5.41, 5.74) is 0.492. The summed E-state index contributed by atoms with van der Waals surface area (Å²) in [6.45, 7) is 0. The maximum absolute atomic E-state index is 12.9. The lowest BCUT2D eigenvalue weighted by Gasteiger charge is -2.10. The van der Waals surface area contributed by atoms with E-state index < -0.39 is 0 Å². The SMILES string of the molecule is O=C(CSCc1nnc(C(=O)Nc2ccc(F)cc2)s1)NC1CCCC1. The molecule has 138 valence electrons. The van der Waals surface area contributed by atoms with Crippen LogP contribution in [0.2, 0.25) is 0 Å². The van der Waals surface area contributed by atoms with Gasteiger partial charge in [0.05, 0.1) is 5.75 Å². The largest absolute Gasteiger partial charge is 0.353 e. The smallest absolute Gasteiger partial charge is 0.286 e. The lowest BCUT2D eigenvalue weighted by molar-refractivity contribution is -0.119. The first-order chi connectivity index (χ1) is 12.6. The number of benzene rings is 1. The average molecular weight is 394 g/mol. The molecule has 2 N–H and O–H groups in total. The summed E-state index contributed by atoms with van der Waals surface area (Å²) in [5.74, 6) is 0.187. The minimum absolute atomic E-state index is 0.0423. The van der Waals surface area contributed by atoms with Gasteiger partial charge in [0.25, 0.3) is 5.91 Å². The molecule has 1 aromatic heterocycles. The van der Waals surface area contributed by atoms with Gasteiger partial charge in [0.1, 0.15) is 10.8 Å². The van der Waals surface area contributed by atoms with Gasteiger partial charge < -0.3 is 10.6 Å². The van der Waals surface area contributed by atoms with E-state index in [4.69, 9.17) is 0 Å². The van der Waals surface area contributed by atoms with Crippen LogP contribution < -0.4 is 10.6 Å². The Labute approximate surface area is 159 Å². The number of rotatable bonds is 7. The fourth-order valence-corrected chi connectivity index (χ4v) is 4.31. The third-order valence-electron chi connectivity index (χ3n) is 3.94. The van der Waals surface area contributed by atoms with Crippen LogP contribution in [0.25, 0.3) is 0 Å². The third-order valence-corrected chi connectivity index (χ3v) is 5.99. The molecule has 6 nitrogen and oxygen atoms in total. The number of carbonyl (C=O) groups is 2. The van der Waals surface area contributed by atoms with Gasteiger partial charge in [0, 0.05) is 17.5 Å². The molecule has 0 spiro atoms. The predicted octanol–water partition coefficient (Wildman–Crippen LogP) is 3.22. The molecule has 2 aromatic rings. The van der Waals surface area contributed by atoms with Crippen molar-refractivity contribution in [3.63, 3.8) is 0 Å². The summed E-state index contributed by atoms with van der Waals surface area (Å²) in [5, 5.41) is 14.5. The van der Waals surface area contributed by atoms with Gasteiger partial charge in [-0.25, -0.2) is 4.39 Å². The molecule has 0 unspecified atom stereocenters. The summed E-state index contributed by atoms with van der Waals surface area (Å²) in [4.78, 5) is 24.0. The highest BCUT2D eigenvalue weighted by atomic mass is 32.2. The summed E-state index contributed by atoms with van der Waals surface area (Å²) >= 11 is 2.64. The number of halogens is 1. The van der Waals surface area contributed by atoms with Crippen LogP contribution in [0.4, 0.5) is 10.1 Å². The van der Waals surface area contributed by atoms with E-state index in [9.17, 15) is 14.0 Å². The Morgan fingerprint density at radius 3 is 2.65 bits per heavy atom. The number of nitrogens with one attached hydrogen (secondary N) is 2. The Bertz CT molecular complexity index is 760. The van der Waals surface area contributed by atoms with Crippen molar-refractivity contribution in [3.8, 4) is 0 Å². The molecule has 1 fully saturated rings. The molecule has 0 saturated heterocycles. The van der Waals surface area contributed by atoms with Crippen LogP contribution in [0.15, 0.2) is 24.3 Å². The van der Waals surface area contributed by atoms with Crippen molar-refractivity contribution in [2.75, 3.05) is 11.1 Å². The second-order valence-corrected chi connectivity index (χ2v) is 8.05. The van der Waals surface area contributed by atoms with Crippen molar-refractivity contribution in [2.45, 2.75) is 37.5 Å². The van der Waals surface area contributed by atoms with Gasteiger partial charge in [-0.15, -0.1) is 22.0 Å². The second-order valence-electron chi connectivity index (χ2n) is 6.00. The van der Waals surface area contributed by atoms with E-state index in [0.29, 0.717) is 28.2 Å². The topological polar surface area (TPSA) is 84.0 Å². The minimum Gasteiger partial charge on any atom is -0.353 e. The highest BCUT2D eigenvalue weighted by molar-refractivity contribution is 7.99. The summed E-state index contributed by atoms with van der Waals surface area (Å²) in [6, 6.07) is 5.83. The number of nitrogens with zero attached hydrogens (tertiary/aromatic N) is 2. The van der Waals surface area contributed by atoms with Crippen molar-refractivity contribution in [1.29, 1.82) is 0 Å². The number of amides is 2. The Morgan fingerprint density at radius 1 is 1.19 bits per heavy atom. The zero-order valence-corrected chi connectivity index (χ0v) is 15.7. The molecule has 1 heterocycles. The first kappa shape index (κ1) is 18.8. The molecule has 0 aliphatic heterocycles. The summed E-state index contributed by atoms with van der Waals surface area (Å²) in [7, 11) is 0. The predicted molar refractivity (Wildman–Crippen MR) is 101 cm³/mol. The highest BCUT2D eigenvalue weighted by Gasteiger charge is 2.17. The van der Waals surface area contributed by atoms with Crippen LogP contribution in [0.1, 0.15) is 40.5 Å². The fourth-order valence-electron chi connectivity index (χ4n) is 2.69. The number of anilines is 1. The highest BCUT2D eigenvalue weighted by Crippen LogP contribution is 2.20. The summed E-state index contributed by atoms with van der Waals surface area (Å²) < 4.78 is 12.9. The normalized spacial score (nSPS) is 14.3. The molecule has 1 aliphatic carbocycles. The van der Waals surface area contributed by atoms with E-state index >= 15 is 0 Å². The molecule has 9 heteroatoms. The zero-order chi connectivity index (χ0) is 18.4. The van der Waals surface area contributed by atoms with Gasteiger partial charge in [0.15, 0.2) is 0 Å². The van der Waals surface area contributed by atoms with E-state index in [1.807, 2.05) is 0 Å². The molecule has 2 amide bonds. The van der Waals surface area contributed by atoms with Gasteiger partial charge in [-0.05, 0) is 37.1 Å². The number of aromatic nitrogens is 2. The molecule has 1 saturated carbocycles. The Kier molecular flexibility index (Phi) is 6.56.